The van der Waals surface area contributed by atoms with Crippen molar-refractivity contribution in [3.63, 3.8) is 0 Å². The van der Waals surface area contributed by atoms with Crippen LogP contribution in [-0.2, 0) is 27.5 Å². The van der Waals surface area contributed by atoms with Gasteiger partial charge in [-0.2, -0.15) is 5.10 Å². The Bertz CT molecular complexity index is 541. The molecule has 22 heavy (non-hydrogen) atoms. The molecule has 2 heterocycles. The molecule has 0 bridgehead atoms. The van der Waals surface area contributed by atoms with Crippen LogP contribution in [0.3, 0.4) is 0 Å². The van der Waals surface area contributed by atoms with Gasteiger partial charge in [0.15, 0.2) is 0 Å². The molecule has 1 aromatic rings. The minimum Gasteiger partial charge on any atom is -0.399 e. The van der Waals surface area contributed by atoms with Gasteiger partial charge >= 0.3 is 7.12 Å². The summed E-state index contributed by atoms with van der Waals surface area (Å²) in [5.41, 5.74) is -0.674. The summed E-state index contributed by atoms with van der Waals surface area (Å²) in [4.78, 5) is 0. The third kappa shape index (κ3) is 3.33. The fourth-order valence-electron chi connectivity index (χ4n) is 2.29. The van der Waals surface area contributed by atoms with E-state index in [-0.39, 0.29) is 24.2 Å². The lowest BCUT2D eigenvalue weighted by molar-refractivity contribution is 0.00578. The maximum atomic E-state index is 13.4. The summed E-state index contributed by atoms with van der Waals surface area (Å²) in [6.07, 6.45) is -2.66. The molecule has 1 aromatic heterocycles. The molecule has 1 fully saturated rings. The first kappa shape index (κ1) is 18.5. The van der Waals surface area contributed by atoms with E-state index in [1.807, 2.05) is 27.7 Å². The predicted molar refractivity (Wildman–Crippen MR) is 91.0 cm³/mol. The van der Waals surface area contributed by atoms with Gasteiger partial charge < -0.3 is 13.8 Å². The monoisotopic (exact) mass is 446 g/mol. The highest BCUT2D eigenvalue weighted by atomic mass is 127. The zero-order valence-corrected chi connectivity index (χ0v) is 16.3. The molecule has 0 saturated carbocycles. The van der Waals surface area contributed by atoms with Gasteiger partial charge in [0, 0.05) is 12.5 Å². The molecule has 1 unspecified atom stereocenters. The molecule has 2 rings (SSSR count). The second-order valence-electron chi connectivity index (χ2n) is 6.12. The number of nitrogens with zero attached hydrogens (tertiary/aromatic N) is 2. The first-order valence-electron chi connectivity index (χ1n) is 6.77. The van der Waals surface area contributed by atoms with E-state index in [4.69, 9.17) is 13.8 Å². The van der Waals surface area contributed by atoms with Crippen LogP contribution in [0, 0.1) is 0 Å². The van der Waals surface area contributed by atoms with Crippen LogP contribution >= 0.6 is 28.5 Å². The molecular formula is C12H19BF2IN2O3P. The maximum absolute atomic E-state index is 13.4. The van der Waals surface area contributed by atoms with Crippen LogP contribution < -0.4 is 5.46 Å². The molecule has 1 atom stereocenters. The van der Waals surface area contributed by atoms with Crippen molar-refractivity contribution >= 4 is 41.1 Å². The molecule has 0 spiro atoms. The molecule has 1 saturated heterocycles. The summed E-state index contributed by atoms with van der Waals surface area (Å²) >= 11 is 2.07. The average Bonchev–Trinajstić information content (AvgIpc) is 2.81. The summed E-state index contributed by atoms with van der Waals surface area (Å²) in [5.74, 6) is 0. The van der Waals surface area contributed by atoms with Gasteiger partial charge in [-0.15, -0.1) is 0 Å². The van der Waals surface area contributed by atoms with Crippen molar-refractivity contribution in [2.24, 2.45) is 7.05 Å². The Balaban J connectivity index is 2.45. The molecule has 0 N–H and O–H groups in total. The van der Waals surface area contributed by atoms with Gasteiger partial charge in [-0.25, -0.2) is 8.78 Å². The average molecular weight is 446 g/mol. The number of hydrogen-bond acceptors (Lipinski definition) is 4. The van der Waals surface area contributed by atoms with E-state index in [9.17, 15) is 8.78 Å². The van der Waals surface area contributed by atoms with Crippen LogP contribution in [-0.4, -0.2) is 28.1 Å². The van der Waals surface area contributed by atoms with Crippen LogP contribution in [0.15, 0.2) is 0 Å². The molecule has 0 aromatic carbocycles. The van der Waals surface area contributed by atoms with Gasteiger partial charge in [0.1, 0.15) is 5.69 Å². The molecule has 124 valence electrons. The fraction of sp³-hybridized carbons (Fsp3) is 0.750. The van der Waals surface area contributed by atoms with Gasteiger partial charge in [0.05, 0.1) is 30.0 Å². The second kappa shape index (κ2) is 6.59. The third-order valence-corrected chi connectivity index (χ3v) is 5.35. The lowest BCUT2D eigenvalue weighted by Crippen LogP contribution is -2.41. The van der Waals surface area contributed by atoms with E-state index in [2.05, 4.69) is 27.1 Å². The normalized spacial score (nSPS) is 20.7. The Hall–Kier alpha value is 0.175. The van der Waals surface area contributed by atoms with Crippen molar-refractivity contribution in [3.05, 3.63) is 11.4 Å². The molecular weight excluding hydrogens is 427 g/mol. The highest BCUT2D eigenvalue weighted by molar-refractivity contribution is 14.2. The minimum absolute atomic E-state index is 0.154. The minimum atomic E-state index is -2.66. The Morgan fingerprint density at radius 3 is 2.32 bits per heavy atom. The largest absolute Gasteiger partial charge is 0.498 e. The molecule has 10 heteroatoms. The summed E-state index contributed by atoms with van der Waals surface area (Å²) < 4.78 is 45.3. The highest BCUT2D eigenvalue weighted by Crippen LogP contribution is 2.37. The summed E-state index contributed by atoms with van der Waals surface area (Å²) in [6, 6.07) is 0. The van der Waals surface area contributed by atoms with Gasteiger partial charge in [-0.3, -0.25) is 4.68 Å². The van der Waals surface area contributed by atoms with Gasteiger partial charge in [-0.05, 0) is 49.7 Å². The number of rotatable bonds is 5. The standard InChI is InChI=1S/C12H19BF2IN2O3P/c1-11(2)12(3,4)21-13(20-11)8-7(6-19-22-16)17-18(5)9(8)10(14)15/h10,22H,6H2,1-5H3. The Morgan fingerprint density at radius 2 is 1.86 bits per heavy atom. The van der Waals surface area contributed by atoms with Crippen LogP contribution in [0.5, 0.6) is 0 Å². The number of aromatic nitrogens is 2. The van der Waals surface area contributed by atoms with E-state index >= 15 is 0 Å². The van der Waals surface area contributed by atoms with Crippen LogP contribution in [0.1, 0.15) is 45.5 Å². The van der Waals surface area contributed by atoms with Crippen LogP contribution in [0.4, 0.5) is 8.78 Å². The lowest BCUT2D eigenvalue weighted by atomic mass is 9.77. The number of aryl methyl sites for hydroxylation is 1. The number of hydrogen-bond donors (Lipinski definition) is 0. The van der Waals surface area contributed by atoms with Crippen molar-refractivity contribution in [1.29, 1.82) is 0 Å². The summed E-state index contributed by atoms with van der Waals surface area (Å²) in [5, 5.41) is 4.16. The van der Waals surface area contributed by atoms with E-state index in [1.165, 1.54) is 11.7 Å². The van der Waals surface area contributed by atoms with Gasteiger partial charge in [0.2, 0.25) is 0 Å². The summed E-state index contributed by atoms with van der Waals surface area (Å²) in [6.45, 7) is 7.91. The van der Waals surface area contributed by atoms with Crippen molar-refractivity contribution < 1.29 is 22.6 Å². The molecule has 0 amide bonds. The zero-order valence-electron chi connectivity index (χ0n) is 13.1. The van der Waals surface area contributed by atoms with E-state index in [0.29, 0.717) is 5.69 Å². The Kier molecular flexibility index (Phi) is 5.54. The highest BCUT2D eigenvalue weighted by Gasteiger charge is 2.54. The molecule has 1 aliphatic rings. The predicted octanol–water partition coefficient (Wildman–Crippen LogP) is 3.12. The first-order valence-corrected chi connectivity index (χ1v) is 10.8. The van der Waals surface area contributed by atoms with E-state index in [1.54, 1.807) is 0 Å². The number of halogens is 3. The van der Waals surface area contributed by atoms with E-state index in [0.717, 1.165) is 0 Å². The smallest absolute Gasteiger partial charge is 0.399 e. The first-order chi connectivity index (χ1) is 10.1. The molecule has 0 radical (unpaired) electrons. The maximum Gasteiger partial charge on any atom is 0.498 e. The SMILES string of the molecule is Cn1nc(COPI)c(B2OC(C)(C)C(C)(C)O2)c1C(F)F. The summed E-state index contributed by atoms with van der Waals surface area (Å²) in [7, 11) is 0.616. The van der Waals surface area contributed by atoms with Crippen LogP contribution in [0.2, 0.25) is 0 Å². The van der Waals surface area contributed by atoms with E-state index < -0.39 is 24.7 Å². The zero-order chi connectivity index (χ0) is 16.7. The van der Waals surface area contributed by atoms with Gasteiger partial charge in [0.25, 0.3) is 6.43 Å². The molecule has 5 nitrogen and oxygen atoms in total. The Labute approximate surface area is 143 Å². The number of alkyl halides is 2. The van der Waals surface area contributed by atoms with Crippen molar-refractivity contribution in [1.82, 2.24) is 9.78 Å². The second-order valence-corrected chi connectivity index (χ2v) is 7.89. The van der Waals surface area contributed by atoms with Gasteiger partial charge in [-0.1, -0.05) is 0 Å². The fourth-order valence-corrected chi connectivity index (χ4v) is 2.95. The Morgan fingerprint density at radius 1 is 1.32 bits per heavy atom. The molecule has 1 aliphatic heterocycles. The topological polar surface area (TPSA) is 45.5 Å². The van der Waals surface area contributed by atoms with Crippen molar-refractivity contribution in [3.8, 4) is 0 Å². The van der Waals surface area contributed by atoms with Crippen LogP contribution in [0.25, 0.3) is 0 Å². The molecule has 0 aliphatic carbocycles. The van der Waals surface area contributed by atoms with Crippen molar-refractivity contribution in [2.75, 3.05) is 0 Å². The third-order valence-electron chi connectivity index (χ3n) is 4.17. The lowest BCUT2D eigenvalue weighted by Gasteiger charge is -2.32. The van der Waals surface area contributed by atoms with Crippen molar-refractivity contribution in [2.45, 2.75) is 51.9 Å². The quantitative estimate of drug-likeness (QED) is 0.397.